The number of carbonyl (C=O) groups excluding carboxylic acids is 1. The van der Waals surface area contributed by atoms with E-state index in [4.69, 9.17) is 16.3 Å². The molecule has 0 unspecified atom stereocenters. The van der Waals surface area contributed by atoms with E-state index in [2.05, 4.69) is 0 Å². The largest absolute Gasteiger partial charge is 0.426 e. The lowest BCUT2D eigenvalue weighted by molar-refractivity contribution is -0.133. The highest BCUT2D eigenvalue weighted by atomic mass is 35.5. The smallest absolute Gasteiger partial charge is 0.315 e. The van der Waals surface area contributed by atoms with Gasteiger partial charge in [0.2, 0.25) is 0 Å². The summed E-state index contributed by atoms with van der Waals surface area (Å²) in [7, 11) is 0. The molecule has 0 N–H and O–H groups in total. The van der Waals surface area contributed by atoms with Gasteiger partial charge < -0.3 is 4.74 Å². The van der Waals surface area contributed by atoms with Crippen LogP contribution in [0.2, 0.25) is 5.02 Å². The fourth-order valence-electron chi connectivity index (χ4n) is 2.30. The number of hydrogen-bond acceptors (Lipinski definition) is 2. The molecule has 2 nitrogen and oxygen atoms in total. The molecule has 0 fully saturated rings. The Morgan fingerprint density at radius 2 is 1.71 bits per heavy atom. The Bertz CT molecular complexity index is 791. The Morgan fingerprint density at radius 3 is 2.57 bits per heavy atom. The lowest BCUT2D eigenvalue weighted by Crippen LogP contribution is -2.11. The van der Waals surface area contributed by atoms with Gasteiger partial charge in [-0.25, -0.2) is 0 Å². The maximum Gasteiger partial charge on any atom is 0.315 e. The van der Waals surface area contributed by atoms with Crippen molar-refractivity contribution < 1.29 is 9.53 Å². The Morgan fingerprint density at radius 1 is 0.952 bits per heavy atom. The van der Waals surface area contributed by atoms with Crippen LogP contribution >= 0.6 is 11.6 Å². The van der Waals surface area contributed by atoms with Gasteiger partial charge in [-0.15, -0.1) is 0 Å². The van der Waals surface area contributed by atoms with Crippen molar-refractivity contribution >= 4 is 28.3 Å². The normalized spacial score (nSPS) is 10.5. The maximum atomic E-state index is 12.1. The zero-order valence-electron chi connectivity index (χ0n) is 11.3. The van der Waals surface area contributed by atoms with Gasteiger partial charge in [-0.05, 0) is 34.5 Å². The highest BCUT2D eigenvalue weighted by molar-refractivity contribution is 6.30. The monoisotopic (exact) mass is 296 g/mol. The topological polar surface area (TPSA) is 26.3 Å². The summed E-state index contributed by atoms with van der Waals surface area (Å²) in [5.74, 6) is 0.168. The van der Waals surface area contributed by atoms with Crippen LogP contribution in [0.5, 0.6) is 5.75 Å². The van der Waals surface area contributed by atoms with Gasteiger partial charge in [0.1, 0.15) is 5.75 Å². The summed E-state index contributed by atoms with van der Waals surface area (Å²) in [4.78, 5) is 12.1. The molecular weight excluding hydrogens is 284 g/mol. The molecule has 104 valence electrons. The highest BCUT2D eigenvalue weighted by Crippen LogP contribution is 2.21. The predicted octanol–water partition coefficient (Wildman–Crippen LogP) is 4.64. The van der Waals surface area contributed by atoms with Gasteiger partial charge in [0.05, 0.1) is 6.42 Å². The summed E-state index contributed by atoms with van der Waals surface area (Å²) in [5, 5.41) is 2.74. The van der Waals surface area contributed by atoms with E-state index < -0.39 is 0 Å². The number of esters is 1. The molecule has 0 amide bonds. The van der Waals surface area contributed by atoms with E-state index in [-0.39, 0.29) is 12.4 Å². The molecule has 3 aromatic rings. The number of halogens is 1. The maximum absolute atomic E-state index is 12.1. The van der Waals surface area contributed by atoms with Gasteiger partial charge in [-0.2, -0.15) is 0 Å². The first kappa shape index (κ1) is 13.7. The quantitative estimate of drug-likeness (QED) is 0.520. The van der Waals surface area contributed by atoms with Gasteiger partial charge in [-0.1, -0.05) is 60.1 Å². The third kappa shape index (κ3) is 3.23. The minimum atomic E-state index is -0.298. The van der Waals surface area contributed by atoms with Gasteiger partial charge >= 0.3 is 5.97 Å². The molecule has 0 aliphatic rings. The molecule has 0 spiro atoms. The standard InChI is InChI=1S/C18H13ClO2/c19-15-8-4-9-16(12-15)21-18(20)11-14-7-3-6-13-5-1-2-10-17(13)14/h1-10,12H,11H2. The molecule has 3 heteroatoms. The van der Waals surface area contributed by atoms with Crippen LogP contribution in [-0.2, 0) is 11.2 Å². The summed E-state index contributed by atoms with van der Waals surface area (Å²) >= 11 is 5.88. The molecule has 21 heavy (non-hydrogen) atoms. The van der Waals surface area contributed by atoms with Crippen LogP contribution in [0.25, 0.3) is 10.8 Å². The van der Waals surface area contributed by atoms with Crippen LogP contribution in [0.1, 0.15) is 5.56 Å². The van der Waals surface area contributed by atoms with Gasteiger partial charge in [0.15, 0.2) is 0 Å². The number of rotatable bonds is 3. The van der Waals surface area contributed by atoms with Crippen LogP contribution in [0.15, 0.2) is 66.7 Å². The molecule has 0 aromatic heterocycles. The molecule has 0 radical (unpaired) electrons. The van der Waals surface area contributed by atoms with Crippen molar-refractivity contribution in [3.63, 3.8) is 0 Å². The SMILES string of the molecule is O=C(Cc1cccc2ccccc12)Oc1cccc(Cl)c1. The van der Waals surface area contributed by atoms with E-state index in [0.29, 0.717) is 10.8 Å². The van der Waals surface area contributed by atoms with Crippen molar-refractivity contribution in [1.29, 1.82) is 0 Å². The fraction of sp³-hybridized carbons (Fsp3) is 0.0556. The Hall–Kier alpha value is -2.32. The van der Waals surface area contributed by atoms with Gasteiger partial charge in [-0.3, -0.25) is 4.79 Å². The zero-order chi connectivity index (χ0) is 14.7. The van der Waals surface area contributed by atoms with E-state index in [0.717, 1.165) is 16.3 Å². The van der Waals surface area contributed by atoms with E-state index >= 15 is 0 Å². The minimum Gasteiger partial charge on any atom is -0.426 e. The number of benzene rings is 3. The first-order valence-corrected chi connectivity index (χ1v) is 7.03. The molecule has 0 atom stereocenters. The predicted molar refractivity (Wildman–Crippen MR) is 84.7 cm³/mol. The molecule has 0 heterocycles. The molecule has 0 saturated heterocycles. The molecular formula is C18H13ClO2. The van der Waals surface area contributed by atoms with Crippen molar-refractivity contribution in [3.8, 4) is 5.75 Å². The summed E-state index contributed by atoms with van der Waals surface area (Å²) in [6.45, 7) is 0. The van der Waals surface area contributed by atoms with Crippen molar-refractivity contribution in [3.05, 3.63) is 77.3 Å². The average molecular weight is 297 g/mol. The van der Waals surface area contributed by atoms with Crippen LogP contribution in [0.4, 0.5) is 0 Å². The van der Waals surface area contributed by atoms with Crippen LogP contribution in [-0.4, -0.2) is 5.97 Å². The molecule has 0 bridgehead atoms. The highest BCUT2D eigenvalue weighted by Gasteiger charge is 2.09. The zero-order valence-corrected chi connectivity index (χ0v) is 12.0. The molecule has 0 aliphatic carbocycles. The second kappa shape index (κ2) is 5.98. The van der Waals surface area contributed by atoms with Crippen molar-refractivity contribution in [2.24, 2.45) is 0 Å². The molecule has 0 aliphatic heterocycles. The van der Waals surface area contributed by atoms with E-state index in [1.807, 2.05) is 42.5 Å². The number of carbonyl (C=O) groups is 1. The average Bonchev–Trinajstić information content (AvgIpc) is 2.47. The molecule has 3 aromatic carbocycles. The Balaban J connectivity index is 1.80. The van der Waals surface area contributed by atoms with E-state index in [9.17, 15) is 4.79 Å². The number of hydrogen-bond donors (Lipinski definition) is 0. The number of ether oxygens (including phenoxy) is 1. The molecule has 3 rings (SSSR count). The summed E-state index contributed by atoms with van der Waals surface area (Å²) < 4.78 is 5.32. The van der Waals surface area contributed by atoms with E-state index in [1.165, 1.54) is 0 Å². The Kier molecular flexibility index (Phi) is 3.89. The molecule has 0 saturated carbocycles. The van der Waals surface area contributed by atoms with E-state index in [1.54, 1.807) is 24.3 Å². The van der Waals surface area contributed by atoms with Gasteiger partial charge in [0, 0.05) is 5.02 Å². The van der Waals surface area contributed by atoms with Crippen molar-refractivity contribution in [2.75, 3.05) is 0 Å². The first-order chi connectivity index (χ1) is 10.2. The number of fused-ring (bicyclic) bond motifs is 1. The first-order valence-electron chi connectivity index (χ1n) is 6.65. The fourth-order valence-corrected chi connectivity index (χ4v) is 2.48. The summed E-state index contributed by atoms with van der Waals surface area (Å²) in [6.07, 6.45) is 0.230. The van der Waals surface area contributed by atoms with Crippen LogP contribution in [0, 0.1) is 0 Å². The van der Waals surface area contributed by atoms with Crippen molar-refractivity contribution in [1.82, 2.24) is 0 Å². The minimum absolute atomic E-state index is 0.230. The second-order valence-electron chi connectivity index (χ2n) is 4.75. The second-order valence-corrected chi connectivity index (χ2v) is 5.18. The lowest BCUT2D eigenvalue weighted by atomic mass is 10.0. The summed E-state index contributed by atoms with van der Waals surface area (Å²) in [6, 6.07) is 20.7. The van der Waals surface area contributed by atoms with Gasteiger partial charge in [0.25, 0.3) is 0 Å². The third-order valence-corrected chi connectivity index (χ3v) is 3.48. The lowest BCUT2D eigenvalue weighted by Gasteiger charge is -2.07. The third-order valence-electron chi connectivity index (χ3n) is 3.24. The van der Waals surface area contributed by atoms with Crippen LogP contribution in [0.3, 0.4) is 0 Å². The Labute approximate surface area is 127 Å². The van der Waals surface area contributed by atoms with Crippen LogP contribution < -0.4 is 4.74 Å². The van der Waals surface area contributed by atoms with Crippen molar-refractivity contribution in [2.45, 2.75) is 6.42 Å². The summed E-state index contributed by atoms with van der Waals surface area (Å²) in [5.41, 5.74) is 0.958.